The van der Waals surface area contributed by atoms with Gasteiger partial charge in [-0.15, -0.1) is 0 Å². The van der Waals surface area contributed by atoms with E-state index in [0.29, 0.717) is 28.7 Å². The number of nitrogens with two attached hydrogens (primary N) is 1. The molecule has 5 nitrogen and oxygen atoms in total. The van der Waals surface area contributed by atoms with E-state index in [1.807, 2.05) is 42.5 Å². The molecule has 0 bridgehead atoms. The summed E-state index contributed by atoms with van der Waals surface area (Å²) in [7, 11) is 0. The molecule has 0 aromatic heterocycles. The lowest BCUT2D eigenvalue weighted by molar-refractivity contribution is 0.0608. The first kappa shape index (κ1) is 19.0. The van der Waals surface area contributed by atoms with Crippen LogP contribution in [0.25, 0.3) is 10.8 Å². The van der Waals surface area contributed by atoms with Gasteiger partial charge in [0.1, 0.15) is 0 Å². The van der Waals surface area contributed by atoms with Gasteiger partial charge in [-0.1, -0.05) is 50.5 Å². The van der Waals surface area contributed by atoms with Gasteiger partial charge in [-0.25, -0.2) is 0 Å². The summed E-state index contributed by atoms with van der Waals surface area (Å²) in [6.45, 7) is 2.61. The second-order valence-corrected chi connectivity index (χ2v) is 7.42. The summed E-state index contributed by atoms with van der Waals surface area (Å²) < 4.78 is 0. The Bertz CT molecular complexity index is 1070. The number of amides is 2. The molecular formula is C24H25N3O2. The molecule has 0 fully saturated rings. The van der Waals surface area contributed by atoms with E-state index in [1.54, 1.807) is 12.1 Å². The summed E-state index contributed by atoms with van der Waals surface area (Å²) in [5, 5.41) is 4.90. The lowest BCUT2D eigenvalue weighted by Gasteiger charge is -2.28. The highest BCUT2D eigenvalue weighted by atomic mass is 16.2. The molecule has 1 aliphatic heterocycles. The van der Waals surface area contributed by atoms with Crippen molar-refractivity contribution in [2.24, 2.45) is 0 Å². The Morgan fingerprint density at radius 2 is 1.59 bits per heavy atom. The monoisotopic (exact) mass is 387 g/mol. The van der Waals surface area contributed by atoms with Crippen molar-refractivity contribution in [1.29, 1.82) is 0 Å². The van der Waals surface area contributed by atoms with E-state index in [4.69, 9.17) is 5.73 Å². The minimum absolute atomic E-state index is 0.207. The van der Waals surface area contributed by atoms with Crippen molar-refractivity contribution < 1.29 is 9.59 Å². The van der Waals surface area contributed by atoms with Gasteiger partial charge in [0.15, 0.2) is 0 Å². The first-order valence-corrected chi connectivity index (χ1v) is 10.1. The lowest BCUT2D eigenvalue weighted by atomic mass is 9.92. The Balaban J connectivity index is 1.72. The topological polar surface area (TPSA) is 75.4 Å². The number of unbranched alkanes of at least 4 members (excludes halogenated alkanes) is 3. The Morgan fingerprint density at radius 3 is 2.34 bits per heavy atom. The van der Waals surface area contributed by atoms with E-state index in [2.05, 4.69) is 12.2 Å². The first-order chi connectivity index (χ1) is 14.1. The summed E-state index contributed by atoms with van der Waals surface area (Å²) in [5.74, 6) is -0.415. The number of hydrogen-bond acceptors (Lipinski definition) is 4. The zero-order valence-corrected chi connectivity index (χ0v) is 16.6. The molecule has 2 amide bonds. The average Bonchev–Trinajstić information content (AvgIpc) is 2.73. The van der Waals surface area contributed by atoms with Gasteiger partial charge in [-0.3, -0.25) is 14.5 Å². The number of nitrogens with one attached hydrogen (secondary N) is 1. The summed E-state index contributed by atoms with van der Waals surface area (Å²) >= 11 is 0. The van der Waals surface area contributed by atoms with Crippen molar-refractivity contribution >= 4 is 39.6 Å². The fraction of sp³-hybridized carbons (Fsp3) is 0.250. The Hall–Kier alpha value is -3.34. The van der Waals surface area contributed by atoms with Crippen LogP contribution in [0.4, 0.5) is 17.1 Å². The van der Waals surface area contributed by atoms with Crippen LogP contribution in [0.15, 0.2) is 54.6 Å². The quantitative estimate of drug-likeness (QED) is 0.326. The largest absolute Gasteiger partial charge is 0.397 e. The third kappa shape index (κ3) is 3.44. The second kappa shape index (κ2) is 7.95. The van der Waals surface area contributed by atoms with Crippen LogP contribution < -0.4 is 11.1 Å². The maximum atomic E-state index is 13.1. The Kier molecular flexibility index (Phi) is 5.21. The molecule has 1 aliphatic rings. The molecule has 0 saturated carbocycles. The van der Waals surface area contributed by atoms with Crippen molar-refractivity contribution in [3.8, 4) is 0 Å². The fourth-order valence-corrected chi connectivity index (χ4v) is 3.91. The molecule has 3 N–H and O–H groups in total. The zero-order chi connectivity index (χ0) is 20.4. The van der Waals surface area contributed by atoms with Crippen molar-refractivity contribution in [3.05, 3.63) is 65.7 Å². The Labute approximate surface area is 170 Å². The van der Waals surface area contributed by atoms with Gasteiger partial charge >= 0.3 is 0 Å². The second-order valence-electron chi connectivity index (χ2n) is 7.42. The summed E-state index contributed by atoms with van der Waals surface area (Å²) in [6, 6.07) is 16.8. The normalized spacial score (nSPS) is 13.2. The predicted molar refractivity (Wildman–Crippen MR) is 118 cm³/mol. The molecule has 0 atom stereocenters. The molecule has 5 heteroatoms. The number of nitrogens with zero attached hydrogens (tertiary/aromatic N) is 1. The molecule has 4 rings (SSSR count). The number of rotatable bonds is 7. The minimum atomic E-state index is -0.207. The maximum Gasteiger partial charge on any atom is 0.261 e. The van der Waals surface area contributed by atoms with E-state index in [1.165, 1.54) is 4.90 Å². The molecule has 148 valence electrons. The van der Waals surface area contributed by atoms with Crippen LogP contribution in [0.1, 0.15) is 53.3 Å². The van der Waals surface area contributed by atoms with Crippen LogP contribution in [0, 0.1) is 0 Å². The van der Waals surface area contributed by atoms with Crippen molar-refractivity contribution in [1.82, 2.24) is 4.90 Å². The SMILES string of the molecule is CCCCCCN1C(=O)c2cccc3c(Nc4ccccc4N)ccc(c23)C1=O. The number of anilines is 3. The van der Waals surface area contributed by atoms with Gasteiger partial charge in [0.25, 0.3) is 11.8 Å². The minimum Gasteiger partial charge on any atom is -0.397 e. The first-order valence-electron chi connectivity index (χ1n) is 10.1. The number of benzene rings is 3. The summed E-state index contributed by atoms with van der Waals surface area (Å²) in [4.78, 5) is 27.5. The number of carbonyl (C=O) groups is 2. The summed E-state index contributed by atoms with van der Waals surface area (Å²) in [5.41, 5.74) is 9.47. The number of carbonyl (C=O) groups excluding carboxylic acids is 2. The van der Waals surface area contributed by atoms with Crippen LogP contribution >= 0.6 is 0 Å². The highest BCUT2D eigenvalue weighted by Gasteiger charge is 2.32. The molecule has 3 aromatic carbocycles. The van der Waals surface area contributed by atoms with Gasteiger partial charge in [-0.05, 0) is 36.8 Å². The van der Waals surface area contributed by atoms with Crippen LogP contribution in [0.5, 0.6) is 0 Å². The van der Waals surface area contributed by atoms with Crippen molar-refractivity contribution in [3.63, 3.8) is 0 Å². The molecule has 0 spiro atoms. The van der Waals surface area contributed by atoms with E-state index < -0.39 is 0 Å². The molecule has 0 aliphatic carbocycles. The lowest BCUT2D eigenvalue weighted by Crippen LogP contribution is -2.40. The van der Waals surface area contributed by atoms with Crippen molar-refractivity contribution in [2.45, 2.75) is 32.6 Å². The van der Waals surface area contributed by atoms with Crippen LogP contribution in [0.2, 0.25) is 0 Å². The Morgan fingerprint density at radius 1 is 0.828 bits per heavy atom. The summed E-state index contributed by atoms with van der Waals surface area (Å²) in [6.07, 6.45) is 4.08. The number of para-hydroxylation sites is 2. The molecule has 0 radical (unpaired) electrons. The smallest absolute Gasteiger partial charge is 0.261 e. The average molecular weight is 387 g/mol. The van der Waals surface area contributed by atoms with Gasteiger partial charge in [0, 0.05) is 34.1 Å². The molecule has 1 heterocycles. The molecule has 29 heavy (non-hydrogen) atoms. The van der Waals surface area contributed by atoms with Gasteiger partial charge in [-0.2, -0.15) is 0 Å². The number of hydrogen-bond donors (Lipinski definition) is 2. The maximum absolute atomic E-state index is 13.1. The van der Waals surface area contributed by atoms with Gasteiger partial charge in [0.05, 0.1) is 11.4 Å². The fourth-order valence-electron chi connectivity index (χ4n) is 3.91. The van der Waals surface area contributed by atoms with Crippen LogP contribution in [0.3, 0.4) is 0 Å². The molecular weight excluding hydrogens is 362 g/mol. The molecule has 0 saturated heterocycles. The van der Waals surface area contributed by atoms with Crippen LogP contribution in [-0.4, -0.2) is 23.3 Å². The number of imide groups is 1. The third-order valence-corrected chi connectivity index (χ3v) is 5.46. The zero-order valence-electron chi connectivity index (χ0n) is 16.6. The van der Waals surface area contributed by atoms with E-state index >= 15 is 0 Å². The van der Waals surface area contributed by atoms with Crippen LogP contribution in [-0.2, 0) is 0 Å². The van der Waals surface area contributed by atoms with Gasteiger partial charge in [0.2, 0.25) is 0 Å². The van der Waals surface area contributed by atoms with Crippen molar-refractivity contribution in [2.75, 3.05) is 17.6 Å². The molecule has 3 aromatic rings. The van der Waals surface area contributed by atoms with E-state index in [0.717, 1.165) is 42.4 Å². The highest BCUT2D eigenvalue weighted by Crippen LogP contribution is 2.36. The highest BCUT2D eigenvalue weighted by molar-refractivity contribution is 6.26. The predicted octanol–water partition coefficient (Wildman–Crippen LogP) is 5.34. The third-order valence-electron chi connectivity index (χ3n) is 5.46. The van der Waals surface area contributed by atoms with E-state index in [9.17, 15) is 9.59 Å². The number of nitrogen functional groups attached to an aromatic ring is 1. The standard InChI is InChI=1S/C24H25N3O2/c1-2-3-4-7-15-27-23(28)17-10-8-9-16-20(14-13-18(22(16)17)24(27)29)26-21-12-6-5-11-19(21)25/h5-6,8-14,26H,2-4,7,15,25H2,1H3. The molecule has 0 unspecified atom stereocenters. The van der Waals surface area contributed by atoms with Gasteiger partial charge < -0.3 is 11.1 Å². The van der Waals surface area contributed by atoms with E-state index in [-0.39, 0.29) is 11.8 Å².